The van der Waals surface area contributed by atoms with E-state index in [1.54, 1.807) is 5.56 Å². The molecule has 2 N–H and O–H groups in total. The fourth-order valence-corrected chi connectivity index (χ4v) is 2.87. The largest absolute Gasteiger partial charge is 0.399 e. The maximum atomic E-state index is 5.83. The molecule has 1 aromatic rings. The Kier molecular flexibility index (Phi) is 2.49. The molecular formula is C13H19N. The summed E-state index contributed by atoms with van der Waals surface area (Å²) >= 11 is 0. The zero-order valence-corrected chi connectivity index (χ0v) is 9.14. The smallest absolute Gasteiger partial charge is 0.0319 e. The van der Waals surface area contributed by atoms with Gasteiger partial charge in [-0.15, -0.1) is 0 Å². The minimum Gasteiger partial charge on any atom is -0.399 e. The highest BCUT2D eigenvalue weighted by atomic mass is 14.5. The number of nitrogen functional groups attached to an aromatic ring is 1. The van der Waals surface area contributed by atoms with E-state index >= 15 is 0 Å². The van der Waals surface area contributed by atoms with Crippen molar-refractivity contribution in [2.45, 2.75) is 45.4 Å². The number of hydrogen-bond donors (Lipinski definition) is 1. The van der Waals surface area contributed by atoms with E-state index < -0.39 is 0 Å². The lowest BCUT2D eigenvalue weighted by molar-refractivity contribution is 0.712. The van der Waals surface area contributed by atoms with Crippen LogP contribution in [0, 0.1) is 13.8 Å². The quantitative estimate of drug-likeness (QED) is 0.672. The summed E-state index contributed by atoms with van der Waals surface area (Å²) in [6.45, 7) is 4.38. The van der Waals surface area contributed by atoms with Crippen LogP contribution in [0.5, 0.6) is 0 Å². The first-order valence-corrected chi connectivity index (χ1v) is 5.55. The van der Waals surface area contributed by atoms with E-state index in [9.17, 15) is 0 Å². The van der Waals surface area contributed by atoms with Crippen LogP contribution in [0.2, 0.25) is 0 Å². The summed E-state index contributed by atoms with van der Waals surface area (Å²) in [7, 11) is 0. The van der Waals surface area contributed by atoms with E-state index in [4.69, 9.17) is 5.73 Å². The highest BCUT2D eigenvalue weighted by Crippen LogP contribution is 2.37. The van der Waals surface area contributed by atoms with Crippen LogP contribution in [-0.2, 0) is 0 Å². The summed E-state index contributed by atoms with van der Waals surface area (Å²) in [6.07, 6.45) is 5.53. The van der Waals surface area contributed by atoms with Gasteiger partial charge in [0.2, 0.25) is 0 Å². The van der Waals surface area contributed by atoms with Crippen LogP contribution in [0.15, 0.2) is 12.1 Å². The highest BCUT2D eigenvalue weighted by molar-refractivity contribution is 5.50. The maximum absolute atomic E-state index is 5.83. The van der Waals surface area contributed by atoms with Gasteiger partial charge in [-0.05, 0) is 61.4 Å². The molecule has 0 aliphatic heterocycles. The first-order valence-electron chi connectivity index (χ1n) is 5.55. The van der Waals surface area contributed by atoms with Crippen LogP contribution in [-0.4, -0.2) is 0 Å². The molecule has 0 unspecified atom stereocenters. The SMILES string of the molecule is Cc1cc(N)cc(C)c1C1CCCC1. The van der Waals surface area contributed by atoms with Gasteiger partial charge in [0.1, 0.15) is 0 Å². The van der Waals surface area contributed by atoms with Crippen LogP contribution >= 0.6 is 0 Å². The van der Waals surface area contributed by atoms with Gasteiger partial charge in [-0.3, -0.25) is 0 Å². The lowest BCUT2D eigenvalue weighted by Gasteiger charge is -2.17. The molecule has 76 valence electrons. The van der Waals surface area contributed by atoms with E-state index in [1.807, 2.05) is 0 Å². The van der Waals surface area contributed by atoms with Crippen LogP contribution in [0.3, 0.4) is 0 Å². The standard InChI is InChI=1S/C13H19N/c1-9-7-12(14)8-10(2)13(9)11-5-3-4-6-11/h7-8,11H,3-6,14H2,1-2H3. The molecule has 0 bridgehead atoms. The third-order valence-corrected chi connectivity index (χ3v) is 3.38. The molecule has 1 aromatic carbocycles. The molecule has 1 nitrogen and oxygen atoms in total. The second-order valence-corrected chi connectivity index (χ2v) is 4.55. The van der Waals surface area contributed by atoms with Gasteiger partial charge >= 0.3 is 0 Å². The Bertz CT molecular complexity index is 312. The normalized spacial score (nSPS) is 17.6. The van der Waals surface area contributed by atoms with Crippen molar-refractivity contribution in [2.75, 3.05) is 5.73 Å². The Balaban J connectivity index is 2.40. The van der Waals surface area contributed by atoms with Crippen molar-refractivity contribution >= 4 is 5.69 Å². The summed E-state index contributed by atoms with van der Waals surface area (Å²) in [5.74, 6) is 0.801. The minimum absolute atomic E-state index is 0.801. The molecule has 0 spiro atoms. The number of anilines is 1. The Hall–Kier alpha value is -0.980. The summed E-state index contributed by atoms with van der Waals surface area (Å²) in [5, 5.41) is 0. The number of aryl methyl sites for hydroxylation is 2. The van der Waals surface area contributed by atoms with Crippen LogP contribution in [0.25, 0.3) is 0 Å². The Morgan fingerprint density at radius 2 is 1.57 bits per heavy atom. The van der Waals surface area contributed by atoms with Crippen molar-refractivity contribution in [2.24, 2.45) is 0 Å². The molecule has 1 heteroatoms. The molecule has 1 fully saturated rings. The van der Waals surface area contributed by atoms with Crippen LogP contribution < -0.4 is 5.73 Å². The van der Waals surface area contributed by atoms with E-state index in [2.05, 4.69) is 26.0 Å². The van der Waals surface area contributed by atoms with E-state index in [-0.39, 0.29) is 0 Å². The van der Waals surface area contributed by atoms with Gasteiger partial charge in [-0.1, -0.05) is 12.8 Å². The van der Waals surface area contributed by atoms with Gasteiger partial charge in [0.05, 0.1) is 0 Å². The van der Waals surface area contributed by atoms with Gasteiger partial charge in [0, 0.05) is 5.69 Å². The second-order valence-electron chi connectivity index (χ2n) is 4.55. The van der Waals surface area contributed by atoms with Gasteiger partial charge in [-0.25, -0.2) is 0 Å². The summed E-state index contributed by atoms with van der Waals surface area (Å²) < 4.78 is 0. The Morgan fingerprint density at radius 3 is 2.07 bits per heavy atom. The van der Waals surface area contributed by atoms with Crippen molar-refractivity contribution in [1.82, 2.24) is 0 Å². The lowest BCUT2D eigenvalue weighted by Crippen LogP contribution is -2.01. The average molecular weight is 189 g/mol. The van der Waals surface area contributed by atoms with E-state index in [0.29, 0.717) is 0 Å². The first kappa shape index (κ1) is 9.57. The molecule has 0 atom stereocenters. The lowest BCUT2D eigenvalue weighted by atomic mass is 9.89. The molecule has 2 rings (SSSR count). The molecule has 1 aliphatic carbocycles. The molecule has 0 amide bonds. The van der Waals surface area contributed by atoms with Crippen molar-refractivity contribution in [3.63, 3.8) is 0 Å². The number of nitrogens with two attached hydrogens (primary N) is 1. The van der Waals surface area contributed by atoms with Crippen molar-refractivity contribution in [3.05, 3.63) is 28.8 Å². The Morgan fingerprint density at radius 1 is 1.07 bits per heavy atom. The molecular weight excluding hydrogens is 170 g/mol. The van der Waals surface area contributed by atoms with Gasteiger partial charge in [0.15, 0.2) is 0 Å². The third-order valence-electron chi connectivity index (χ3n) is 3.38. The first-order chi connectivity index (χ1) is 6.68. The van der Waals surface area contributed by atoms with Crippen LogP contribution in [0.4, 0.5) is 5.69 Å². The molecule has 0 radical (unpaired) electrons. The van der Waals surface area contributed by atoms with Crippen molar-refractivity contribution in [3.8, 4) is 0 Å². The maximum Gasteiger partial charge on any atom is 0.0319 e. The topological polar surface area (TPSA) is 26.0 Å². The van der Waals surface area contributed by atoms with E-state index in [0.717, 1.165) is 11.6 Å². The van der Waals surface area contributed by atoms with E-state index in [1.165, 1.54) is 36.8 Å². The number of benzene rings is 1. The monoisotopic (exact) mass is 189 g/mol. The number of rotatable bonds is 1. The molecule has 14 heavy (non-hydrogen) atoms. The second kappa shape index (κ2) is 3.64. The zero-order valence-electron chi connectivity index (χ0n) is 9.14. The van der Waals surface area contributed by atoms with Gasteiger partial charge in [0.25, 0.3) is 0 Å². The summed E-state index contributed by atoms with van der Waals surface area (Å²) in [6, 6.07) is 4.22. The highest BCUT2D eigenvalue weighted by Gasteiger charge is 2.20. The third kappa shape index (κ3) is 1.63. The average Bonchev–Trinajstić information content (AvgIpc) is 2.54. The van der Waals surface area contributed by atoms with Crippen LogP contribution in [0.1, 0.15) is 48.3 Å². The predicted molar refractivity (Wildman–Crippen MR) is 61.5 cm³/mol. The van der Waals surface area contributed by atoms with Gasteiger partial charge in [-0.2, -0.15) is 0 Å². The Labute approximate surface area is 86.3 Å². The van der Waals surface area contributed by atoms with Crippen molar-refractivity contribution < 1.29 is 0 Å². The van der Waals surface area contributed by atoms with Gasteiger partial charge < -0.3 is 5.73 Å². The predicted octanol–water partition coefficient (Wildman–Crippen LogP) is 3.54. The zero-order chi connectivity index (χ0) is 10.1. The molecule has 0 heterocycles. The molecule has 1 aliphatic rings. The molecule has 1 saturated carbocycles. The molecule has 0 saturated heterocycles. The fraction of sp³-hybridized carbons (Fsp3) is 0.538. The van der Waals surface area contributed by atoms with Crippen molar-refractivity contribution in [1.29, 1.82) is 0 Å². The summed E-state index contributed by atoms with van der Waals surface area (Å²) in [4.78, 5) is 0. The minimum atomic E-state index is 0.801. The fourth-order valence-electron chi connectivity index (χ4n) is 2.87. The number of hydrogen-bond acceptors (Lipinski definition) is 1. The summed E-state index contributed by atoms with van der Waals surface area (Å²) in [5.41, 5.74) is 11.1. The molecule has 0 aromatic heterocycles.